The lowest BCUT2D eigenvalue weighted by atomic mass is 10.1. The van der Waals surface area contributed by atoms with E-state index in [1.807, 2.05) is 0 Å². The number of non-ortho nitro benzene ring substituents is 1. The topological polar surface area (TPSA) is 125 Å². The standard InChI is InChI=1S/C24H22N4O5/c1-13-4-7-20-17(9-13)18-10-14(11-21(18)26-20)25-22(29)3-2-8-27-23(30)16-6-5-15(28(32)33)12-19(16)24(27)31/h4-7,9,12,14,26H,2-3,8,10-11H2,1H3,(H,25,29). The normalized spacial score (nSPS) is 16.9. The number of carbonyl (C=O) groups excluding carboxylic acids is 3. The molecule has 168 valence electrons. The maximum atomic E-state index is 12.5. The van der Waals surface area contributed by atoms with Crippen molar-refractivity contribution in [2.75, 3.05) is 6.54 Å². The van der Waals surface area contributed by atoms with Gasteiger partial charge in [0.15, 0.2) is 0 Å². The van der Waals surface area contributed by atoms with E-state index in [9.17, 15) is 24.5 Å². The van der Waals surface area contributed by atoms with Crippen LogP contribution in [0.2, 0.25) is 0 Å². The van der Waals surface area contributed by atoms with Crippen LogP contribution in [0.5, 0.6) is 0 Å². The van der Waals surface area contributed by atoms with Crippen molar-refractivity contribution in [1.29, 1.82) is 0 Å². The molecule has 2 N–H and O–H groups in total. The van der Waals surface area contributed by atoms with Gasteiger partial charge < -0.3 is 10.3 Å². The van der Waals surface area contributed by atoms with Crippen molar-refractivity contribution in [3.63, 3.8) is 0 Å². The van der Waals surface area contributed by atoms with Gasteiger partial charge in [-0.1, -0.05) is 11.6 Å². The number of hydrogen-bond donors (Lipinski definition) is 2. The van der Waals surface area contributed by atoms with Gasteiger partial charge in [-0.15, -0.1) is 0 Å². The van der Waals surface area contributed by atoms with Gasteiger partial charge in [0.2, 0.25) is 5.91 Å². The van der Waals surface area contributed by atoms with E-state index in [2.05, 4.69) is 35.4 Å². The Kier molecular flexibility index (Phi) is 4.96. The van der Waals surface area contributed by atoms with Crippen LogP contribution in [0.1, 0.15) is 50.4 Å². The van der Waals surface area contributed by atoms with E-state index in [0.717, 1.165) is 35.0 Å². The molecule has 9 nitrogen and oxygen atoms in total. The molecule has 33 heavy (non-hydrogen) atoms. The van der Waals surface area contributed by atoms with Gasteiger partial charge in [0.25, 0.3) is 17.5 Å². The number of aromatic nitrogens is 1. The highest BCUT2D eigenvalue weighted by molar-refractivity contribution is 6.21. The van der Waals surface area contributed by atoms with Crippen LogP contribution in [-0.4, -0.2) is 45.1 Å². The Morgan fingerprint density at radius 3 is 2.73 bits per heavy atom. The summed E-state index contributed by atoms with van der Waals surface area (Å²) in [7, 11) is 0. The third kappa shape index (κ3) is 3.65. The average molecular weight is 446 g/mol. The molecule has 0 fully saturated rings. The molecule has 1 aliphatic carbocycles. The van der Waals surface area contributed by atoms with Crippen molar-refractivity contribution in [2.24, 2.45) is 0 Å². The van der Waals surface area contributed by atoms with Crippen molar-refractivity contribution >= 4 is 34.3 Å². The van der Waals surface area contributed by atoms with Gasteiger partial charge in [0.1, 0.15) is 0 Å². The van der Waals surface area contributed by atoms with Crippen molar-refractivity contribution < 1.29 is 19.3 Å². The van der Waals surface area contributed by atoms with Crippen LogP contribution in [0.4, 0.5) is 5.69 Å². The molecule has 0 saturated heterocycles. The average Bonchev–Trinajstić information content (AvgIpc) is 3.39. The summed E-state index contributed by atoms with van der Waals surface area (Å²) in [5, 5.41) is 15.2. The Morgan fingerprint density at radius 1 is 1.15 bits per heavy atom. The molecule has 1 aliphatic heterocycles. The molecule has 0 radical (unpaired) electrons. The maximum absolute atomic E-state index is 12.5. The lowest BCUT2D eigenvalue weighted by Crippen LogP contribution is -2.36. The first-order valence-corrected chi connectivity index (χ1v) is 10.9. The number of imide groups is 1. The quantitative estimate of drug-likeness (QED) is 0.342. The van der Waals surface area contributed by atoms with Crippen LogP contribution < -0.4 is 5.32 Å². The SMILES string of the molecule is Cc1ccc2[nH]c3c(c2c1)CC(NC(=O)CCCN1C(=O)c2ccc([N+](=O)[O-])cc2C1=O)C3. The molecule has 0 saturated carbocycles. The summed E-state index contributed by atoms with van der Waals surface area (Å²) in [6.07, 6.45) is 2.01. The Morgan fingerprint density at radius 2 is 1.94 bits per heavy atom. The highest BCUT2D eigenvalue weighted by atomic mass is 16.6. The number of nitrogens with zero attached hydrogens (tertiary/aromatic N) is 2. The molecule has 0 bridgehead atoms. The number of nitrogens with one attached hydrogen (secondary N) is 2. The van der Waals surface area contributed by atoms with Gasteiger partial charge in [-0.05, 0) is 43.5 Å². The van der Waals surface area contributed by atoms with Crippen LogP contribution in [0.3, 0.4) is 0 Å². The van der Waals surface area contributed by atoms with Crippen LogP contribution in [0, 0.1) is 17.0 Å². The minimum absolute atomic E-state index is 0.0171. The minimum Gasteiger partial charge on any atom is -0.358 e. The third-order valence-corrected chi connectivity index (χ3v) is 6.37. The molecule has 3 amide bonds. The predicted molar refractivity (Wildman–Crippen MR) is 120 cm³/mol. The van der Waals surface area contributed by atoms with E-state index >= 15 is 0 Å². The monoisotopic (exact) mass is 446 g/mol. The van der Waals surface area contributed by atoms with E-state index in [0.29, 0.717) is 6.42 Å². The zero-order chi connectivity index (χ0) is 23.3. The van der Waals surface area contributed by atoms with E-state index < -0.39 is 16.7 Å². The van der Waals surface area contributed by atoms with Gasteiger partial charge in [0.05, 0.1) is 16.1 Å². The van der Waals surface area contributed by atoms with Crippen molar-refractivity contribution in [3.8, 4) is 0 Å². The van der Waals surface area contributed by atoms with Crippen LogP contribution in [0.15, 0.2) is 36.4 Å². The number of rotatable bonds is 6. The summed E-state index contributed by atoms with van der Waals surface area (Å²) in [4.78, 5) is 52.4. The number of benzene rings is 2. The number of hydrogen-bond acceptors (Lipinski definition) is 5. The second-order valence-corrected chi connectivity index (χ2v) is 8.66. The van der Waals surface area contributed by atoms with Gasteiger partial charge in [-0.2, -0.15) is 0 Å². The fourth-order valence-corrected chi connectivity index (χ4v) is 4.78. The van der Waals surface area contributed by atoms with E-state index in [-0.39, 0.29) is 41.7 Å². The number of carbonyl (C=O) groups is 3. The number of nitro benzene ring substituents is 1. The Bertz CT molecular complexity index is 1340. The van der Waals surface area contributed by atoms with E-state index in [1.54, 1.807) is 0 Å². The van der Waals surface area contributed by atoms with Gasteiger partial charge in [0, 0.05) is 54.2 Å². The minimum atomic E-state index is -0.603. The molecule has 9 heteroatoms. The van der Waals surface area contributed by atoms with Crippen LogP contribution in [0.25, 0.3) is 10.9 Å². The number of fused-ring (bicyclic) bond motifs is 4. The molecule has 2 aromatic carbocycles. The first kappa shape index (κ1) is 20.9. The molecule has 0 spiro atoms. The highest BCUT2D eigenvalue weighted by Gasteiger charge is 2.36. The number of aromatic amines is 1. The first-order valence-electron chi connectivity index (χ1n) is 10.9. The highest BCUT2D eigenvalue weighted by Crippen LogP contribution is 2.31. The first-order chi connectivity index (χ1) is 15.8. The van der Waals surface area contributed by atoms with Gasteiger partial charge >= 0.3 is 0 Å². The third-order valence-electron chi connectivity index (χ3n) is 6.37. The second kappa shape index (κ2) is 7.84. The molecule has 2 heterocycles. The number of H-pyrrole nitrogens is 1. The van der Waals surface area contributed by atoms with E-state index in [1.165, 1.54) is 28.6 Å². The second-order valence-electron chi connectivity index (χ2n) is 8.66. The molecular weight excluding hydrogens is 424 g/mol. The Hall–Kier alpha value is -4.01. The molecule has 1 atom stereocenters. The summed E-state index contributed by atoms with van der Waals surface area (Å²) < 4.78 is 0. The number of nitro groups is 1. The smallest absolute Gasteiger partial charge is 0.270 e. The molecular formula is C24H22N4O5. The molecule has 1 unspecified atom stereocenters. The van der Waals surface area contributed by atoms with Crippen LogP contribution >= 0.6 is 0 Å². The van der Waals surface area contributed by atoms with Crippen molar-refractivity contribution in [3.05, 3.63) is 74.5 Å². The summed E-state index contributed by atoms with van der Waals surface area (Å²) in [6, 6.07) is 9.97. The fourth-order valence-electron chi connectivity index (χ4n) is 4.78. The van der Waals surface area contributed by atoms with Gasteiger partial charge in [-0.3, -0.25) is 29.4 Å². The lowest BCUT2D eigenvalue weighted by Gasteiger charge is -2.15. The summed E-state index contributed by atoms with van der Waals surface area (Å²) in [5.41, 5.74) is 4.67. The largest absolute Gasteiger partial charge is 0.358 e. The van der Waals surface area contributed by atoms with Crippen molar-refractivity contribution in [1.82, 2.24) is 15.2 Å². The zero-order valence-corrected chi connectivity index (χ0v) is 18.0. The van der Waals surface area contributed by atoms with Crippen LogP contribution in [-0.2, 0) is 17.6 Å². The molecule has 2 aliphatic rings. The Balaban J connectivity index is 1.15. The van der Waals surface area contributed by atoms with E-state index in [4.69, 9.17) is 0 Å². The molecule has 3 aromatic rings. The number of aryl methyl sites for hydroxylation is 1. The summed E-state index contributed by atoms with van der Waals surface area (Å²) in [6.45, 7) is 2.14. The lowest BCUT2D eigenvalue weighted by molar-refractivity contribution is -0.384. The van der Waals surface area contributed by atoms with Gasteiger partial charge in [-0.25, -0.2) is 0 Å². The molecule has 1 aromatic heterocycles. The summed E-state index contributed by atoms with van der Waals surface area (Å²) in [5.74, 6) is -1.17. The zero-order valence-electron chi connectivity index (χ0n) is 18.0. The maximum Gasteiger partial charge on any atom is 0.270 e. The Labute approximate surface area is 188 Å². The molecule has 5 rings (SSSR count). The predicted octanol–water partition coefficient (Wildman–Crippen LogP) is 3.04. The van der Waals surface area contributed by atoms with Crippen molar-refractivity contribution in [2.45, 2.75) is 38.6 Å². The number of amides is 3. The fraction of sp³-hybridized carbons (Fsp3) is 0.292. The summed E-state index contributed by atoms with van der Waals surface area (Å²) >= 11 is 0.